The van der Waals surface area contributed by atoms with Crippen molar-refractivity contribution in [3.05, 3.63) is 47.3 Å². The molecule has 2 aliphatic rings. The average Bonchev–Trinajstić information content (AvgIpc) is 3.52. The van der Waals surface area contributed by atoms with Gasteiger partial charge in [-0.05, 0) is 57.0 Å². The number of rotatable bonds is 7. The van der Waals surface area contributed by atoms with Gasteiger partial charge in [0.05, 0.1) is 16.3 Å². The van der Waals surface area contributed by atoms with Crippen LogP contribution in [0.1, 0.15) is 40.6 Å². The van der Waals surface area contributed by atoms with E-state index in [-0.39, 0.29) is 35.2 Å². The van der Waals surface area contributed by atoms with Crippen LogP contribution in [-0.4, -0.2) is 69.1 Å². The Morgan fingerprint density at radius 2 is 1.53 bits per heavy atom. The highest BCUT2D eigenvalue weighted by atomic mass is 32.2. The van der Waals surface area contributed by atoms with Gasteiger partial charge in [0.25, 0.3) is 0 Å². The van der Waals surface area contributed by atoms with Gasteiger partial charge in [0.15, 0.2) is 5.78 Å². The molecule has 4 rings (SSSR count). The third-order valence-electron chi connectivity index (χ3n) is 6.19. The van der Waals surface area contributed by atoms with Gasteiger partial charge in [-0.15, -0.1) is 0 Å². The predicted octanol–water partition coefficient (Wildman–Crippen LogP) is 1.28. The van der Waals surface area contributed by atoms with Crippen LogP contribution < -0.4 is 5.14 Å². The molecule has 1 aliphatic carbocycles. The molecule has 1 aromatic carbocycles. The lowest BCUT2D eigenvalue weighted by Crippen LogP contribution is -2.49. The molecule has 2 aromatic rings. The monoisotopic (exact) mass is 480 g/mol. The van der Waals surface area contributed by atoms with E-state index in [9.17, 15) is 21.6 Å². The number of hydrogen-bond acceptors (Lipinski definition) is 6. The van der Waals surface area contributed by atoms with Gasteiger partial charge in [-0.2, -0.15) is 4.31 Å². The molecule has 2 N–H and O–H groups in total. The van der Waals surface area contributed by atoms with E-state index >= 15 is 0 Å². The summed E-state index contributed by atoms with van der Waals surface area (Å²) in [4.78, 5) is 14.8. The normalized spacial score (nSPS) is 18.7. The molecule has 0 atom stereocenters. The fraction of sp³-hybridized carbons (Fsp3) is 0.476. The number of nitrogens with two attached hydrogens (primary N) is 1. The molecule has 0 amide bonds. The Labute approximate surface area is 188 Å². The van der Waals surface area contributed by atoms with E-state index in [1.807, 2.05) is 24.8 Å². The summed E-state index contributed by atoms with van der Waals surface area (Å²) in [6.07, 6.45) is 2.32. The summed E-state index contributed by atoms with van der Waals surface area (Å²) >= 11 is 0. The second-order valence-corrected chi connectivity index (χ2v) is 12.0. The molecule has 9 nitrogen and oxygen atoms in total. The van der Waals surface area contributed by atoms with Gasteiger partial charge in [0.1, 0.15) is 0 Å². The number of carbonyl (C=O) groups excluding carboxylic acids is 1. The Morgan fingerprint density at radius 1 is 0.969 bits per heavy atom. The minimum Gasteiger partial charge on any atom is -0.345 e. The molecular formula is C21H28N4O5S2. The highest BCUT2D eigenvalue weighted by Gasteiger charge is 2.31. The van der Waals surface area contributed by atoms with Crippen molar-refractivity contribution in [3.8, 4) is 0 Å². The number of sulfonamides is 2. The van der Waals surface area contributed by atoms with Crippen molar-refractivity contribution in [1.82, 2.24) is 13.8 Å². The Balaban J connectivity index is 1.38. The lowest BCUT2D eigenvalue weighted by molar-refractivity contribution is 0.0901. The second-order valence-electron chi connectivity index (χ2n) is 8.51. The minimum absolute atomic E-state index is 0.0157. The van der Waals surface area contributed by atoms with E-state index in [0.29, 0.717) is 19.1 Å². The van der Waals surface area contributed by atoms with Gasteiger partial charge in [-0.3, -0.25) is 9.69 Å². The zero-order chi connectivity index (χ0) is 23.3. The highest BCUT2D eigenvalue weighted by Crippen LogP contribution is 2.38. The molecule has 11 heteroatoms. The van der Waals surface area contributed by atoms with Crippen LogP contribution >= 0.6 is 0 Å². The molecule has 32 heavy (non-hydrogen) atoms. The molecule has 1 aliphatic heterocycles. The first kappa shape index (κ1) is 23.1. The van der Waals surface area contributed by atoms with E-state index in [1.54, 1.807) is 0 Å². The molecule has 0 bridgehead atoms. The van der Waals surface area contributed by atoms with E-state index in [0.717, 1.165) is 29.8 Å². The Bertz CT molecular complexity index is 1240. The number of nitrogens with zero attached hydrogens (tertiary/aromatic N) is 3. The van der Waals surface area contributed by atoms with Gasteiger partial charge >= 0.3 is 0 Å². The highest BCUT2D eigenvalue weighted by molar-refractivity contribution is 7.89. The van der Waals surface area contributed by atoms with Crippen LogP contribution in [0.2, 0.25) is 0 Å². The van der Waals surface area contributed by atoms with E-state index in [4.69, 9.17) is 5.14 Å². The third-order valence-corrected chi connectivity index (χ3v) is 9.03. The van der Waals surface area contributed by atoms with Crippen molar-refractivity contribution in [1.29, 1.82) is 0 Å². The Hall–Kier alpha value is -2.05. The summed E-state index contributed by atoms with van der Waals surface area (Å²) in [5.41, 5.74) is 2.87. The fourth-order valence-electron chi connectivity index (χ4n) is 4.32. The molecular weight excluding hydrogens is 452 g/mol. The summed E-state index contributed by atoms with van der Waals surface area (Å²) in [5.74, 6) is 0.0555. The van der Waals surface area contributed by atoms with Crippen molar-refractivity contribution in [3.63, 3.8) is 0 Å². The quantitative estimate of drug-likeness (QED) is 0.596. The number of Topliss-reactive ketones (excluding diaryl/α,β-unsaturated/α-hetero) is 1. The van der Waals surface area contributed by atoms with Crippen molar-refractivity contribution >= 4 is 25.8 Å². The summed E-state index contributed by atoms with van der Waals surface area (Å²) in [6, 6.07) is 7.36. The number of ketones is 1. The summed E-state index contributed by atoms with van der Waals surface area (Å²) < 4.78 is 52.2. The van der Waals surface area contributed by atoms with E-state index < -0.39 is 20.0 Å². The Morgan fingerprint density at radius 3 is 2.06 bits per heavy atom. The number of aryl methyl sites for hydroxylation is 1. The van der Waals surface area contributed by atoms with Crippen molar-refractivity contribution < 1.29 is 21.6 Å². The van der Waals surface area contributed by atoms with Crippen LogP contribution in [0.3, 0.4) is 0 Å². The maximum atomic E-state index is 12.9. The van der Waals surface area contributed by atoms with Gasteiger partial charge in [-0.25, -0.2) is 22.0 Å². The number of benzene rings is 1. The topological polar surface area (TPSA) is 123 Å². The summed E-state index contributed by atoms with van der Waals surface area (Å²) in [7, 11) is -7.64. The molecule has 2 heterocycles. The zero-order valence-electron chi connectivity index (χ0n) is 18.2. The SMILES string of the molecule is Cc1cc(C(=O)CN2CCN(S(=O)(=O)c3ccc(S(N)(=O)=O)cc3)CC2)c(C)n1C1CC1. The van der Waals surface area contributed by atoms with Crippen LogP contribution in [0.15, 0.2) is 40.1 Å². The van der Waals surface area contributed by atoms with E-state index in [1.165, 1.54) is 28.6 Å². The summed E-state index contributed by atoms with van der Waals surface area (Å²) in [6.45, 7) is 5.68. The number of piperazine rings is 1. The lowest BCUT2D eigenvalue weighted by atomic mass is 10.1. The van der Waals surface area contributed by atoms with Gasteiger partial charge in [-0.1, -0.05) is 0 Å². The second kappa shape index (κ2) is 8.38. The standard InChI is InChI=1S/C21H28N4O5S2/c1-15-13-20(16(2)25(15)17-3-4-17)21(26)14-23-9-11-24(12-10-23)32(29,30)19-7-5-18(6-8-19)31(22,27)28/h5-8,13,17H,3-4,9-12,14H2,1-2H3,(H2,22,27,28). The van der Waals surface area contributed by atoms with Crippen LogP contribution in [0.5, 0.6) is 0 Å². The van der Waals surface area contributed by atoms with Gasteiger partial charge in [0, 0.05) is 49.2 Å². The van der Waals surface area contributed by atoms with Gasteiger partial charge in [0.2, 0.25) is 20.0 Å². The van der Waals surface area contributed by atoms with E-state index in [2.05, 4.69) is 4.57 Å². The first-order valence-electron chi connectivity index (χ1n) is 10.6. The molecule has 1 aromatic heterocycles. The first-order chi connectivity index (χ1) is 15.0. The van der Waals surface area contributed by atoms with Crippen LogP contribution in [0.4, 0.5) is 0 Å². The Kier molecular flexibility index (Phi) is 6.05. The number of carbonyl (C=O) groups is 1. The largest absolute Gasteiger partial charge is 0.345 e. The smallest absolute Gasteiger partial charge is 0.243 e. The number of primary sulfonamides is 1. The first-order valence-corrected chi connectivity index (χ1v) is 13.5. The molecule has 0 radical (unpaired) electrons. The van der Waals surface area contributed by atoms with Crippen molar-refractivity contribution in [2.75, 3.05) is 32.7 Å². The van der Waals surface area contributed by atoms with Crippen LogP contribution in [-0.2, 0) is 20.0 Å². The molecule has 2 fully saturated rings. The fourth-order valence-corrected chi connectivity index (χ4v) is 6.26. The zero-order valence-corrected chi connectivity index (χ0v) is 19.8. The molecule has 0 unspecified atom stereocenters. The van der Waals surface area contributed by atoms with Gasteiger partial charge < -0.3 is 4.57 Å². The molecule has 1 saturated carbocycles. The van der Waals surface area contributed by atoms with Crippen LogP contribution in [0.25, 0.3) is 0 Å². The average molecular weight is 481 g/mol. The minimum atomic E-state index is -3.89. The van der Waals surface area contributed by atoms with Crippen LogP contribution in [0, 0.1) is 13.8 Å². The molecule has 0 spiro atoms. The number of aromatic nitrogens is 1. The maximum absolute atomic E-state index is 12.9. The van der Waals surface area contributed by atoms with Crippen molar-refractivity contribution in [2.24, 2.45) is 5.14 Å². The number of hydrogen-bond donors (Lipinski definition) is 1. The third kappa shape index (κ3) is 4.53. The van der Waals surface area contributed by atoms with Crippen molar-refractivity contribution in [2.45, 2.75) is 42.5 Å². The maximum Gasteiger partial charge on any atom is 0.243 e. The molecule has 174 valence electrons. The predicted molar refractivity (Wildman–Crippen MR) is 120 cm³/mol. The lowest BCUT2D eigenvalue weighted by Gasteiger charge is -2.33. The summed E-state index contributed by atoms with van der Waals surface area (Å²) in [5, 5.41) is 5.07. The molecule has 1 saturated heterocycles.